The molecule has 0 spiro atoms. The first-order valence-electron chi connectivity index (χ1n) is 5.34. The minimum absolute atomic E-state index is 0. The Bertz CT molecular complexity index is 321. The number of allylic oxidation sites excluding steroid dienone is 2. The molecule has 2 aromatic carbocycles. The molecule has 18 heavy (non-hydrogen) atoms. The molecule has 0 unspecified atom stereocenters. The molecule has 0 aromatic heterocycles. The summed E-state index contributed by atoms with van der Waals surface area (Å²) >= 11 is 0. The predicted molar refractivity (Wildman–Crippen MR) is 71.1 cm³/mol. The van der Waals surface area contributed by atoms with Crippen molar-refractivity contribution in [3.05, 3.63) is 72.5 Å². The van der Waals surface area contributed by atoms with Gasteiger partial charge >= 0.3 is 0 Å². The summed E-state index contributed by atoms with van der Waals surface area (Å²) in [4.78, 5) is 10.0. The number of rotatable bonds is 1. The number of carbonyl (C=O) groups excluding carboxylic acids is 1. The Balaban J connectivity index is 0. The van der Waals surface area contributed by atoms with Crippen LogP contribution in [0, 0.1) is 0 Å². The van der Waals surface area contributed by atoms with Gasteiger partial charge in [-0.3, -0.25) is 4.79 Å². The maximum atomic E-state index is 10.0. The zero-order chi connectivity index (χ0) is 12.9. The molecule has 0 aliphatic carbocycles. The second-order valence-electron chi connectivity index (χ2n) is 3.32. The van der Waals surface area contributed by atoms with E-state index in [4.69, 9.17) is 5.11 Å². The molecule has 0 heterocycles. The predicted octanol–water partition coefficient (Wildman–Crippen LogP) is 3.85. The smallest absolute Gasteiger partial charge is 0.155 e. The monoisotopic (exact) mass is 278 g/mol. The summed E-state index contributed by atoms with van der Waals surface area (Å²) in [6.07, 6.45) is 1.17. The van der Waals surface area contributed by atoms with Gasteiger partial charge in [0.05, 0.1) is 5.76 Å². The molecule has 100 valence electrons. The topological polar surface area (TPSA) is 37.3 Å². The van der Waals surface area contributed by atoms with Crippen LogP contribution in [0.2, 0.25) is 0 Å². The van der Waals surface area contributed by atoms with E-state index in [0.29, 0.717) is 0 Å². The Kier molecular flexibility index (Phi) is 14.4. The molecule has 2 rings (SSSR count). The second-order valence-corrected chi connectivity index (χ2v) is 3.32. The van der Waals surface area contributed by atoms with Crippen LogP contribution in [0.3, 0.4) is 0 Å². The Labute approximate surface area is 124 Å². The summed E-state index contributed by atoms with van der Waals surface area (Å²) in [6, 6.07) is 20.0. The number of carbonyl (C=O) groups is 1. The number of aliphatic hydroxyl groups excluding tert-OH is 1. The van der Waals surface area contributed by atoms with Crippen molar-refractivity contribution in [1.82, 2.24) is 0 Å². The third-order valence-corrected chi connectivity index (χ3v) is 1.52. The molecule has 0 amide bonds. The van der Waals surface area contributed by atoms with E-state index in [-0.39, 0.29) is 33.3 Å². The van der Waals surface area contributed by atoms with Crippen LogP contribution >= 0.6 is 0 Å². The second kappa shape index (κ2) is 13.7. The first-order valence-corrected chi connectivity index (χ1v) is 5.34. The average molecular weight is 278 g/mol. The molecule has 0 atom stereocenters. The maximum absolute atomic E-state index is 10.0. The van der Waals surface area contributed by atoms with Crippen LogP contribution in [0.1, 0.15) is 13.8 Å². The van der Waals surface area contributed by atoms with Crippen molar-refractivity contribution >= 4 is 5.78 Å². The third kappa shape index (κ3) is 17.0. The van der Waals surface area contributed by atoms with Gasteiger partial charge in [-0.1, -0.05) is 0 Å². The van der Waals surface area contributed by atoms with E-state index in [1.54, 1.807) is 0 Å². The van der Waals surface area contributed by atoms with Crippen molar-refractivity contribution < 1.29 is 31.6 Å². The summed E-state index contributed by atoms with van der Waals surface area (Å²) in [5.74, 6) is -0.0625. The van der Waals surface area contributed by atoms with Crippen molar-refractivity contribution in [2.24, 2.45) is 0 Å². The van der Waals surface area contributed by atoms with Crippen molar-refractivity contribution in [3.63, 3.8) is 0 Å². The molecule has 1 N–H and O–H groups in total. The van der Waals surface area contributed by atoms with Crippen LogP contribution in [0.15, 0.2) is 72.5 Å². The van der Waals surface area contributed by atoms with Gasteiger partial charge in [-0.05, 0) is 13.8 Å². The largest absolute Gasteiger partial charge is 0.748 e. The van der Waals surface area contributed by atoms with Crippen LogP contribution < -0.4 is 0 Å². The van der Waals surface area contributed by atoms with E-state index >= 15 is 0 Å². The number of hydrogen-bond acceptors (Lipinski definition) is 2. The zero-order valence-corrected chi connectivity index (χ0v) is 12.3. The number of aliphatic hydroxyl groups is 1. The molecule has 0 saturated heterocycles. The summed E-state index contributed by atoms with van der Waals surface area (Å²) in [5, 5.41) is 8.36. The summed E-state index contributed by atoms with van der Waals surface area (Å²) in [7, 11) is 0. The molecule has 0 bridgehead atoms. The molecule has 2 aromatic rings. The fourth-order valence-corrected chi connectivity index (χ4v) is 0.936. The Morgan fingerprint density at radius 2 is 1.39 bits per heavy atom. The van der Waals surface area contributed by atoms with Gasteiger partial charge in [-0.15, -0.1) is 0 Å². The Morgan fingerprint density at radius 3 is 1.50 bits per heavy atom. The zero-order valence-electron chi connectivity index (χ0n) is 10.7. The van der Waals surface area contributed by atoms with Gasteiger partial charge in [-0.2, -0.15) is 18.2 Å². The molecule has 2 nitrogen and oxygen atoms in total. The minimum atomic E-state index is -0.125. The van der Waals surface area contributed by atoms with E-state index in [1.807, 2.05) is 60.7 Å². The molecule has 3 heteroatoms. The van der Waals surface area contributed by atoms with Gasteiger partial charge in [0.15, 0.2) is 5.78 Å². The number of hydrogen-bond donors (Lipinski definition) is 1. The van der Waals surface area contributed by atoms with Crippen molar-refractivity contribution in [2.45, 2.75) is 13.8 Å². The molecule has 0 saturated carbocycles. The molecule has 0 aliphatic heterocycles. The van der Waals surface area contributed by atoms with Crippen molar-refractivity contribution in [3.8, 4) is 0 Å². The summed E-state index contributed by atoms with van der Waals surface area (Å²) < 4.78 is 0. The van der Waals surface area contributed by atoms with Crippen LogP contribution in [0.5, 0.6) is 0 Å². The molecule has 0 radical (unpaired) electrons. The van der Waals surface area contributed by atoms with E-state index < -0.39 is 0 Å². The van der Waals surface area contributed by atoms with E-state index in [0.717, 1.165) is 0 Å². The van der Waals surface area contributed by atoms with Crippen molar-refractivity contribution in [2.75, 3.05) is 0 Å². The van der Waals surface area contributed by atoms with Crippen molar-refractivity contribution in [1.29, 1.82) is 0 Å². The fraction of sp³-hybridized carbons (Fsp3) is 0.133. The summed E-state index contributed by atoms with van der Waals surface area (Å²) in [5.41, 5.74) is 0. The van der Waals surface area contributed by atoms with Gasteiger partial charge in [-0.25, -0.2) is 12.1 Å². The maximum Gasteiger partial charge on any atom is 0.155 e. The summed E-state index contributed by atoms with van der Waals surface area (Å²) in [6.45, 7) is 2.85. The van der Waals surface area contributed by atoms with Crippen LogP contribution in [0.25, 0.3) is 0 Å². The van der Waals surface area contributed by atoms with E-state index in [9.17, 15) is 4.79 Å². The fourth-order valence-electron chi connectivity index (χ4n) is 0.936. The van der Waals surface area contributed by atoms with Crippen LogP contribution in [-0.4, -0.2) is 10.9 Å². The molecular formula is C15H18O2Ti-6. The van der Waals surface area contributed by atoms with Gasteiger partial charge < -0.3 is 35.4 Å². The normalized spacial score (nSPS) is 8.89. The first-order chi connectivity index (χ1) is 8.13. The van der Waals surface area contributed by atoms with E-state index in [1.165, 1.54) is 19.9 Å². The third-order valence-electron chi connectivity index (χ3n) is 1.52. The SMILES string of the molecule is CC(=O)/C=C(/C)O.[Ti].[cH-]1[cH-][cH-][cH-][cH-]1.c1cc[cH-]c1. The van der Waals surface area contributed by atoms with Gasteiger partial charge in [0, 0.05) is 27.8 Å². The quantitative estimate of drug-likeness (QED) is 0.372. The first kappa shape index (κ1) is 19.0. The van der Waals surface area contributed by atoms with Crippen LogP contribution in [-0.2, 0) is 26.5 Å². The Morgan fingerprint density at radius 1 is 1.00 bits per heavy atom. The van der Waals surface area contributed by atoms with Gasteiger partial charge in [0.1, 0.15) is 0 Å². The Hall–Kier alpha value is -1.38. The molecule has 0 fully saturated rings. The van der Waals surface area contributed by atoms with Gasteiger partial charge in [0.25, 0.3) is 0 Å². The number of ketones is 1. The molecule has 0 aliphatic rings. The molecular weight excluding hydrogens is 260 g/mol. The van der Waals surface area contributed by atoms with Crippen LogP contribution in [0.4, 0.5) is 0 Å². The average Bonchev–Trinajstić information content (AvgIpc) is 2.96. The van der Waals surface area contributed by atoms with E-state index in [2.05, 4.69) is 0 Å². The standard InChI is InChI=1S/C5H8O2.2C5H5.Ti/c1-4(6)3-5(2)7;2*1-2-4-5-3-1;/h3,6H,1-2H3;2*1-5H;/q;-5;-1;/b4-3-;;;. The van der Waals surface area contributed by atoms with Gasteiger partial charge in [0.2, 0.25) is 0 Å². The minimum Gasteiger partial charge on any atom is -0.748 e.